The molecule has 0 radical (unpaired) electrons. The normalized spacial score (nSPS) is 11.0. The monoisotopic (exact) mass is 436 g/mol. The fourth-order valence-electron chi connectivity index (χ4n) is 2.73. The maximum Gasteiger partial charge on any atom is 0.341 e. The number of aryl methyl sites for hydroxylation is 1. The third-order valence-corrected chi connectivity index (χ3v) is 6.68. The molecule has 28 heavy (non-hydrogen) atoms. The minimum atomic E-state index is -0.411. The van der Waals surface area contributed by atoms with Crippen LogP contribution in [0, 0.1) is 6.92 Å². The van der Waals surface area contributed by atoms with Crippen LogP contribution in [0.3, 0.4) is 0 Å². The third kappa shape index (κ3) is 4.29. The summed E-state index contributed by atoms with van der Waals surface area (Å²) in [4.78, 5) is 35.3. The number of carbonyl (C=O) groups excluding carboxylic acids is 2. The molecule has 3 aromatic rings. The number of thiophene rings is 2. The van der Waals surface area contributed by atoms with Gasteiger partial charge in [0.15, 0.2) is 5.16 Å². The lowest BCUT2D eigenvalue weighted by Gasteiger charge is -2.08. The summed E-state index contributed by atoms with van der Waals surface area (Å²) in [6.45, 7) is 5.95. The van der Waals surface area contributed by atoms with Crippen LogP contribution < -0.4 is 11.1 Å². The fraction of sp³-hybridized carbons (Fsp3) is 0.333. The van der Waals surface area contributed by atoms with Crippen LogP contribution in [-0.2, 0) is 16.0 Å². The Morgan fingerprint density at radius 2 is 2.11 bits per heavy atom. The van der Waals surface area contributed by atoms with Gasteiger partial charge in [0.2, 0.25) is 5.91 Å². The van der Waals surface area contributed by atoms with Crippen molar-refractivity contribution in [3.05, 3.63) is 27.5 Å². The van der Waals surface area contributed by atoms with Gasteiger partial charge in [0.25, 0.3) is 0 Å². The second-order valence-electron chi connectivity index (χ2n) is 5.78. The highest BCUT2D eigenvalue weighted by atomic mass is 32.2. The molecule has 0 saturated heterocycles. The van der Waals surface area contributed by atoms with Crippen molar-refractivity contribution in [3.8, 4) is 0 Å². The van der Waals surface area contributed by atoms with Crippen molar-refractivity contribution in [1.82, 2.24) is 9.97 Å². The standard InChI is InChI=1S/C18H20N4O3S3/c1-4-10-9(3)28-16(13(10)17(24)25-5-2)20-12(23)8-27-18-21-14(19)11-6-7-26-15(11)22-18/h6-7H,4-5,8H2,1-3H3,(H,20,23)(H2,19,21,22). The van der Waals surface area contributed by atoms with E-state index >= 15 is 0 Å². The number of thioether (sulfide) groups is 1. The zero-order valence-corrected chi connectivity index (χ0v) is 18.1. The smallest absolute Gasteiger partial charge is 0.341 e. The molecule has 3 rings (SSSR count). The number of fused-ring (bicyclic) bond motifs is 1. The van der Waals surface area contributed by atoms with Gasteiger partial charge in [-0.25, -0.2) is 14.8 Å². The molecule has 0 atom stereocenters. The molecule has 3 heterocycles. The lowest BCUT2D eigenvalue weighted by Crippen LogP contribution is -2.17. The van der Waals surface area contributed by atoms with Crippen molar-refractivity contribution in [1.29, 1.82) is 0 Å². The number of hydrogen-bond donors (Lipinski definition) is 2. The third-order valence-electron chi connectivity index (χ3n) is 3.96. The molecular formula is C18H20N4O3S3. The summed E-state index contributed by atoms with van der Waals surface area (Å²) in [5.74, 6) is -0.143. The van der Waals surface area contributed by atoms with E-state index in [0.717, 1.165) is 20.7 Å². The highest BCUT2D eigenvalue weighted by Gasteiger charge is 2.23. The molecule has 0 saturated carbocycles. The first-order chi connectivity index (χ1) is 13.4. The number of carbonyl (C=O) groups is 2. The summed E-state index contributed by atoms with van der Waals surface area (Å²) in [7, 11) is 0. The number of nitrogens with one attached hydrogen (secondary N) is 1. The average Bonchev–Trinajstić information content (AvgIpc) is 3.24. The highest BCUT2D eigenvalue weighted by molar-refractivity contribution is 7.99. The van der Waals surface area contributed by atoms with E-state index < -0.39 is 5.97 Å². The van der Waals surface area contributed by atoms with Gasteiger partial charge in [-0.3, -0.25) is 4.79 Å². The van der Waals surface area contributed by atoms with Crippen molar-refractivity contribution in [2.45, 2.75) is 32.3 Å². The van der Waals surface area contributed by atoms with E-state index in [0.29, 0.717) is 28.0 Å². The predicted octanol–water partition coefficient (Wildman–Crippen LogP) is 4.11. The van der Waals surface area contributed by atoms with Crippen LogP contribution >= 0.6 is 34.4 Å². The lowest BCUT2D eigenvalue weighted by molar-refractivity contribution is -0.113. The number of nitrogens with two attached hydrogens (primary N) is 1. The summed E-state index contributed by atoms with van der Waals surface area (Å²) >= 11 is 4.06. The summed E-state index contributed by atoms with van der Waals surface area (Å²) in [6.07, 6.45) is 0.690. The van der Waals surface area contributed by atoms with Crippen molar-refractivity contribution in [3.63, 3.8) is 0 Å². The number of nitrogens with zero attached hydrogens (tertiary/aromatic N) is 2. The van der Waals surface area contributed by atoms with E-state index in [2.05, 4.69) is 15.3 Å². The number of aromatic nitrogens is 2. The van der Waals surface area contributed by atoms with Gasteiger partial charge in [-0.05, 0) is 37.3 Å². The van der Waals surface area contributed by atoms with Crippen LogP contribution in [-0.4, -0.2) is 34.2 Å². The first-order valence-electron chi connectivity index (χ1n) is 8.67. The quantitative estimate of drug-likeness (QED) is 0.326. The molecule has 0 spiro atoms. The first kappa shape index (κ1) is 20.6. The Morgan fingerprint density at radius 1 is 1.32 bits per heavy atom. The maximum absolute atomic E-state index is 12.5. The lowest BCUT2D eigenvalue weighted by atomic mass is 10.1. The summed E-state index contributed by atoms with van der Waals surface area (Å²) in [6, 6.07) is 1.87. The number of amides is 1. The van der Waals surface area contributed by atoms with E-state index in [1.165, 1.54) is 34.4 Å². The second kappa shape index (κ2) is 8.89. The summed E-state index contributed by atoms with van der Waals surface area (Å²) < 4.78 is 5.16. The first-order valence-corrected chi connectivity index (χ1v) is 11.4. The van der Waals surface area contributed by atoms with Crippen molar-refractivity contribution in [2.75, 3.05) is 23.4 Å². The predicted molar refractivity (Wildman–Crippen MR) is 116 cm³/mol. The number of rotatable bonds is 7. The molecule has 0 unspecified atom stereocenters. The van der Waals surface area contributed by atoms with Gasteiger partial charge < -0.3 is 15.8 Å². The molecule has 0 aliphatic heterocycles. The van der Waals surface area contributed by atoms with Crippen LogP contribution in [0.4, 0.5) is 10.8 Å². The molecule has 7 nitrogen and oxygen atoms in total. The van der Waals surface area contributed by atoms with Crippen LogP contribution in [0.1, 0.15) is 34.6 Å². The molecule has 10 heteroatoms. The molecule has 0 aliphatic rings. The number of nitrogen functional groups attached to an aromatic ring is 1. The molecule has 0 bridgehead atoms. The van der Waals surface area contributed by atoms with Crippen LogP contribution in [0.25, 0.3) is 10.2 Å². The zero-order valence-electron chi connectivity index (χ0n) is 15.7. The Labute approximate surface area is 174 Å². The van der Waals surface area contributed by atoms with Crippen LogP contribution in [0.2, 0.25) is 0 Å². The van der Waals surface area contributed by atoms with Gasteiger partial charge in [-0.2, -0.15) is 0 Å². The second-order valence-corrected chi connectivity index (χ2v) is 8.84. The van der Waals surface area contributed by atoms with Crippen molar-refractivity contribution in [2.24, 2.45) is 0 Å². The molecule has 148 valence electrons. The van der Waals surface area contributed by atoms with Gasteiger partial charge in [-0.15, -0.1) is 22.7 Å². The summed E-state index contributed by atoms with van der Waals surface area (Å²) in [5.41, 5.74) is 7.30. The molecule has 0 aromatic carbocycles. The molecule has 3 N–H and O–H groups in total. The molecular weight excluding hydrogens is 416 g/mol. The van der Waals surface area contributed by atoms with E-state index in [4.69, 9.17) is 10.5 Å². The van der Waals surface area contributed by atoms with Gasteiger partial charge >= 0.3 is 5.97 Å². The van der Waals surface area contributed by atoms with Crippen molar-refractivity contribution >= 4 is 67.3 Å². The molecule has 1 amide bonds. The van der Waals surface area contributed by atoms with Gasteiger partial charge in [0, 0.05) is 4.88 Å². The zero-order chi connectivity index (χ0) is 20.3. The highest BCUT2D eigenvalue weighted by Crippen LogP contribution is 2.34. The van der Waals surface area contributed by atoms with Gasteiger partial charge in [0.05, 0.1) is 23.3 Å². The fourth-order valence-corrected chi connectivity index (χ4v) is 5.36. The van der Waals surface area contributed by atoms with E-state index in [1.807, 2.05) is 25.3 Å². The van der Waals surface area contributed by atoms with E-state index in [-0.39, 0.29) is 18.3 Å². The summed E-state index contributed by atoms with van der Waals surface area (Å²) in [5, 5.41) is 6.53. The van der Waals surface area contributed by atoms with Crippen molar-refractivity contribution < 1.29 is 14.3 Å². The number of hydrogen-bond acceptors (Lipinski definition) is 9. The average molecular weight is 437 g/mol. The Kier molecular flexibility index (Phi) is 6.53. The number of anilines is 2. The van der Waals surface area contributed by atoms with Gasteiger partial charge in [-0.1, -0.05) is 18.7 Å². The number of esters is 1. The Bertz CT molecular complexity index is 1030. The Morgan fingerprint density at radius 3 is 2.82 bits per heavy atom. The van der Waals surface area contributed by atoms with Crippen LogP contribution in [0.5, 0.6) is 0 Å². The Balaban J connectivity index is 1.73. The molecule has 0 fully saturated rings. The van der Waals surface area contributed by atoms with Gasteiger partial charge in [0.1, 0.15) is 15.6 Å². The Hall–Kier alpha value is -2.17. The maximum atomic E-state index is 12.5. The molecule has 0 aliphatic carbocycles. The minimum Gasteiger partial charge on any atom is -0.462 e. The topological polar surface area (TPSA) is 107 Å². The van der Waals surface area contributed by atoms with E-state index in [1.54, 1.807) is 6.92 Å². The molecule has 3 aromatic heterocycles. The number of ether oxygens (including phenoxy) is 1. The minimum absolute atomic E-state index is 0.108. The largest absolute Gasteiger partial charge is 0.462 e. The van der Waals surface area contributed by atoms with E-state index in [9.17, 15) is 9.59 Å². The van der Waals surface area contributed by atoms with Crippen LogP contribution in [0.15, 0.2) is 16.6 Å². The SMILES string of the molecule is CCOC(=O)c1c(NC(=O)CSc2nc(N)c3ccsc3n2)sc(C)c1CC.